The summed E-state index contributed by atoms with van der Waals surface area (Å²) in [6, 6.07) is 7.58. The number of rotatable bonds is 6. The van der Waals surface area contributed by atoms with Gasteiger partial charge in [-0.25, -0.2) is 8.42 Å². The van der Waals surface area contributed by atoms with Gasteiger partial charge in [-0.3, -0.25) is 4.72 Å². The molecule has 0 saturated carbocycles. The van der Waals surface area contributed by atoms with Crippen LogP contribution < -0.4 is 10.0 Å². The SMILES string of the molecule is CNCCCS(=O)(=O)Nc1ccc2sccc2c1. The maximum Gasteiger partial charge on any atom is 0.232 e. The first kappa shape index (κ1) is 13.3. The van der Waals surface area contributed by atoms with Gasteiger partial charge in [0.1, 0.15) is 0 Å². The van der Waals surface area contributed by atoms with Crippen LogP contribution >= 0.6 is 11.3 Å². The summed E-state index contributed by atoms with van der Waals surface area (Å²) in [6.45, 7) is 0.699. The fourth-order valence-electron chi connectivity index (χ4n) is 1.70. The average Bonchev–Trinajstić information content (AvgIpc) is 2.75. The molecule has 0 atom stereocenters. The van der Waals surface area contributed by atoms with E-state index in [1.165, 1.54) is 0 Å². The van der Waals surface area contributed by atoms with Crippen molar-refractivity contribution in [3.05, 3.63) is 29.6 Å². The lowest BCUT2D eigenvalue weighted by atomic mass is 10.2. The van der Waals surface area contributed by atoms with Crippen LogP contribution in [-0.2, 0) is 10.0 Å². The zero-order chi connectivity index (χ0) is 13.0. The molecule has 0 spiro atoms. The van der Waals surface area contributed by atoms with E-state index >= 15 is 0 Å². The molecule has 0 bridgehead atoms. The molecule has 98 valence electrons. The lowest BCUT2D eigenvalue weighted by molar-refractivity contribution is 0.597. The van der Waals surface area contributed by atoms with Gasteiger partial charge in [0, 0.05) is 10.4 Å². The monoisotopic (exact) mass is 284 g/mol. The Hall–Kier alpha value is -1.11. The molecule has 0 saturated heterocycles. The third-order valence-electron chi connectivity index (χ3n) is 2.57. The number of anilines is 1. The molecule has 2 aromatic rings. The van der Waals surface area contributed by atoms with Crippen molar-refractivity contribution in [2.45, 2.75) is 6.42 Å². The maximum absolute atomic E-state index is 11.8. The van der Waals surface area contributed by atoms with Gasteiger partial charge in [-0.1, -0.05) is 0 Å². The Kier molecular flexibility index (Phi) is 4.21. The highest BCUT2D eigenvalue weighted by molar-refractivity contribution is 7.92. The molecule has 0 aliphatic heterocycles. The van der Waals surface area contributed by atoms with Gasteiger partial charge < -0.3 is 5.32 Å². The molecular weight excluding hydrogens is 268 g/mol. The summed E-state index contributed by atoms with van der Waals surface area (Å²) < 4.78 is 27.4. The third-order valence-corrected chi connectivity index (χ3v) is 4.84. The lowest BCUT2D eigenvalue weighted by Crippen LogP contribution is -2.20. The Labute approximate surface area is 111 Å². The molecule has 2 N–H and O–H groups in total. The number of benzene rings is 1. The van der Waals surface area contributed by atoms with Crippen molar-refractivity contribution in [1.29, 1.82) is 0 Å². The third kappa shape index (κ3) is 3.44. The van der Waals surface area contributed by atoms with Crippen LogP contribution in [0.15, 0.2) is 29.6 Å². The van der Waals surface area contributed by atoms with E-state index in [1.54, 1.807) is 17.4 Å². The van der Waals surface area contributed by atoms with Crippen LogP contribution in [0.4, 0.5) is 5.69 Å². The fraction of sp³-hybridized carbons (Fsp3) is 0.333. The summed E-state index contributed by atoms with van der Waals surface area (Å²) in [5.41, 5.74) is 0.630. The molecule has 0 amide bonds. The molecule has 1 aromatic carbocycles. The van der Waals surface area contributed by atoms with Gasteiger partial charge in [0.2, 0.25) is 10.0 Å². The number of fused-ring (bicyclic) bond motifs is 1. The van der Waals surface area contributed by atoms with E-state index < -0.39 is 10.0 Å². The van der Waals surface area contributed by atoms with Crippen LogP contribution in [-0.4, -0.2) is 27.8 Å². The molecule has 4 nitrogen and oxygen atoms in total. The molecule has 1 heterocycles. The Morgan fingerprint density at radius 3 is 2.89 bits per heavy atom. The summed E-state index contributed by atoms with van der Waals surface area (Å²) in [6.07, 6.45) is 0.604. The van der Waals surface area contributed by atoms with Crippen molar-refractivity contribution in [2.75, 3.05) is 24.1 Å². The summed E-state index contributed by atoms with van der Waals surface area (Å²) in [7, 11) is -1.44. The lowest BCUT2D eigenvalue weighted by Gasteiger charge is -2.07. The highest BCUT2D eigenvalue weighted by atomic mass is 32.2. The number of hydrogen-bond donors (Lipinski definition) is 2. The maximum atomic E-state index is 11.8. The van der Waals surface area contributed by atoms with E-state index in [1.807, 2.05) is 30.6 Å². The highest BCUT2D eigenvalue weighted by Crippen LogP contribution is 2.24. The van der Waals surface area contributed by atoms with Crippen LogP contribution in [0.25, 0.3) is 10.1 Å². The van der Waals surface area contributed by atoms with Crippen molar-refractivity contribution >= 4 is 37.1 Å². The molecule has 0 aliphatic carbocycles. The van der Waals surface area contributed by atoms with E-state index in [0.29, 0.717) is 18.7 Å². The summed E-state index contributed by atoms with van der Waals surface area (Å²) >= 11 is 1.65. The quantitative estimate of drug-likeness (QED) is 0.800. The van der Waals surface area contributed by atoms with E-state index in [4.69, 9.17) is 0 Å². The van der Waals surface area contributed by atoms with Crippen LogP contribution in [0.2, 0.25) is 0 Å². The molecule has 0 unspecified atom stereocenters. The predicted octanol–water partition coefficient (Wildman–Crippen LogP) is 2.25. The second-order valence-corrected chi connectivity index (χ2v) is 6.84. The summed E-state index contributed by atoms with van der Waals surface area (Å²) in [5, 5.41) is 6.00. The van der Waals surface area contributed by atoms with Crippen molar-refractivity contribution < 1.29 is 8.42 Å². The van der Waals surface area contributed by atoms with Crippen LogP contribution in [0.1, 0.15) is 6.42 Å². The molecule has 0 aliphatic rings. The second kappa shape index (κ2) is 5.69. The molecule has 2 rings (SSSR count). The Bertz CT molecular complexity index is 620. The Morgan fingerprint density at radius 2 is 2.11 bits per heavy atom. The van der Waals surface area contributed by atoms with Crippen LogP contribution in [0.3, 0.4) is 0 Å². The average molecular weight is 284 g/mol. The molecule has 18 heavy (non-hydrogen) atoms. The first-order valence-electron chi connectivity index (χ1n) is 5.73. The van der Waals surface area contributed by atoms with Gasteiger partial charge in [0.05, 0.1) is 5.75 Å². The van der Waals surface area contributed by atoms with Crippen LogP contribution in [0.5, 0.6) is 0 Å². The molecule has 6 heteroatoms. The fourth-order valence-corrected chi connectivity index (χ4v) is 3.58. The van der Waals surface area contributed by atoms with Gasteiger partial charge in [-0.15, -0.1) is 11.3 Å². The number of nitrogens with one attached hydrogen (secondary N) is 2. The molecule has 0 radical (unpaired) electrons. The Balaban J connectivity index is 2.07. The predicted molar refractivity (Wildman–Crippen MR) is 77.8 cm³/mol. The minimum Gasteiger partial charge on any atom is -0.320 e. The topological polar surface area (TPSA) is 58.2 Å². The molecule has 1 aromatic heterocycles. The van der Waals surface area contributed by atoms with Crippen molar-refractivity contribution in [3.8, 4) is 0 Å². The van der Waals surface area contributed by atoms with E-state index in [9.17, 15) is 8.42 Å². The zero-order valence-corrected chi connectivity index (χ0v) is 11.8. The van der Waals surface area contributed by atoms with Gasteiger partial charge in [0.25, 0.3) is 0 Å². The normalized spacial score (nSPS) is 11.8. The minimum atomic E-state index is -3.25. The van der Waals surface area contributed by atoms with Gasteiger partial charge in [0.15, 0.2) is 0 Å². The van der Waals surface area contributed by atoms with Crippen molar-refractivity contribution in [1.82, 2.24) is 5.32 Å². The zero-order valence-electron chi connectivity index (χ0n) is 10.1. The molecular formula is C12H16N2O2S2. The summed E-state index contributed by atoms with van der Waals surface area (Å²) in [5.74, 6) is 0.134. The summed E-state index contributed by atoms with van der Waals surface area (Å²) in [4.78, 5) is 0. The van der Waals surface area contributed by atoms with Crippen molar-refractivity contribution in [2.24, 2.45) is 0 Å². The van der Waals surface area contributed by atoms with Gasteiger partial charge in [-0.2, -0.15) is 0 Å². The largest absolute Gasteiger partial charge is 0.320 e. The number of thiophene rings is 1. The second-order valence-electron chi connectivity index (χ2n) is 4.05. The van der Waals surface area contributed by atoms with E-state index in [-0.39, 0.29) is 5.75 Å². The van der Waals surface area contributed by atoms with E-state index in [0.717, 1.165) is 10.1 Å². The first-order chi connectivity index (χ1) is 8.61. The Morgan fingerprint density at radius 1 is 1.28 bits per heavy atom. The van der Waals surface area contributed by atoms with Gasteiger partial charge in [-0.05, 0) is 55.0 Å². The highest BCUT2D eigenvalue weighted by Gasteiger charge is 2.10. The van der Waals surface area contributed by atoms with Crippen molar-refractivity contribution in [3.63, 3.8) is 0 Å². The van der Waals surface area contributed by atoms with Gasteiger partial charge >= 0.3 is 0 Å². The molecule has 0 fully saturated rings. The number of hydrogen-bond acceptors (Lipinski definition) is 4. The van der Waals surface area contributed by atoms with E-state index in [2.05, 4.69) is 10.0 Å². The number of sulfonamides is 1. The smallest absolute Gasteiger partial charge is 0.232 e. The van der Waals surface area contributed by atoms with Crippen LogP contribution in [0, 0.1) is 0 Å². The standard InChI is InChI=1S/C12H16N2O2S2/c1-13-6-2-8-18(15,16)14-11-3-4-12-10(9-11)5-7-17-12/h3-5,7,9,13-14H,2,6,8H2,1H3. The minimum absolute atomic E-state index is 0.134. The first-order valence-corrected chi connectivity index (χ1v) is 8.26.